The predicted molar refractivity (Wildman–Crippen MR) is 123 cm³/mol. The summed E-state index contributed by atoms with van der Waals surface area (Å²) in [7, 11) is 1.52. The van der Waals surface area contributed by atoms with Crippen molar-refractivity contribution in [1.29, 1.82) is 0 Å². The summed E-state index contributed by atoms with van der Waals surface area (Å²) < 4.78 is 6.82. The SMILES string of the molecule is COc1cccc(C(=O)c2c(N)c(C(=O)Nc3ccc(Cl)c(Cl)c3)c3ccccn23)c1. The fraction of sp³-hybridized carbons (Fsp3) is 0.0435. The van der Waals surface area contributed by atoms with Crippen LogP contribution in [0.25, 0.3) is 5.52 Å². The molecule has 2 aromatic heterocycles. The Balaban J connectivity index is 1.80. The number of hydrogen-bond donors (Lipinski definition) is 2. The van der Waals surface area contributed by atoms with E-state index in [0.717, 1.165) is 0 Å². The van der Waals surface area contributed by atoms with Crippen LogP contribution in [0, 0.1) is 0 Å². The molecule has 4 aromatic rings. The lowest BCUT2D eigenvalue weighted by atomic mass is 10.1. The molecule has 3 N–H and O–H groups in total. The Hall–Kier alpha value is -3.48. The first kappa shape index (κ1) is 20.8. The number of methoxy groups -OCH3 is 1. The van der Waals surface area contributed by atoms with E-state index in [4.69, 9.17) is 33.7 Å². The van der Waals surface area contributed by atoms with E-state index in [9.17, 15) is 9.59 Å². The lowest BCUT2D eigenvalue weighted by molar-refractivity contribution is 0.102. The van der Waals surface area contributed by atoms with Crippen LogP contribution in [-0.4, -0.2) is 23.2 Å². The summed E-state index contributed by atoms with van der Waals surface area (Å²) in [5, 5.41) is 3.45. The summed E-state index contributed by atoms with van der Waals surface area (Å²) in [6.07, 6.45) is 1.69. The molecule has 0 aliphatic carbocycles. The van der Waals surface area contributed by atoms with Gasteiger partial charge in [-0.05, 0) is 42.5 Å². The van der Waals surface area contributed by atoms with Crippen molar-refractivity contribution in [3.8, 4) is 5.75 Å². The maximum Gasteiger partial charge on any atom is 0.259 e. The first-order chi connectivity index (χ1) is 14.9. The summed E-state index contributed by atoms with van der Waals surface area (Å²) in [5.74, 6) is -0.252. The number of halogens is 2. The monoisotopic (exact) mass is 453 g/mol. The van der Waals surface area contributed by atoms with Gasteiger partial charge in [0.2, 0.25) is 5.78 Å². The quantitative estimate of drug-likeness (QED) is 0.400. The Bertz CT molecular complexity index is 1330. The number of fused-ring (bicyclic) bond motifs is 1. The van der Waals surface area contributed by atoms with Crippen molar-refractivity contribution < 1.29 is 14.3 Å². The molecule has 4 rings (SSSR count). The highest BCUT2D eigenvalue weighted by molar-refractivity contribution is 6.42. The van der Waals surface area contributed by atoms with Gasteiger partial charge in [0.25, 0.3) is 5.91 Å². The third-order valence-electron chi connectivity index (χ3n) is 4.83. The van der Waals surface area contributed by atoms with Crippen molar-refractivity contribution in [3.63, 3.8) is 0 Å². The van der Waals surface area contributed by atoms with Crippen LogP contribution in [0.2, 0.25) is 10.0 Å². The van der Waals surface area contributed by atoms with Crippen LogP contribution in [0.15, 0.2) is 66.9 Å². The van der Waals surface area contributed by atoms with Crippen LogP contribution in [0.4, 0.5) is 11.4 Å². The summed E-state index contributed by atoms with van der Waals surface area (Å²) >= 11 is 12.0. The molecule has 0 aliphatic rings. The van der Waals surface area contributed by atoms with E-state index in [1.165, 1.54) is 7.11 Å². The number of carbonyl (C=O) groups is 2. The van der Waals surface area contributed by atoms with Crippen LogP contribution in [0.5, 0.6) is 5.75 Å². The zero-order valence-corrected chi connectivity index (χ0v) is 17.9. The van der Waals surface area contributed by atoms with Gasteiger partial charge in [-0.3, -0.25) is 9.59 Å². The second kappa shape index (κ2) is 8.34. The minimum absolute atomic E-state index is 0.0802. The molecule has 0 spiro atoms. The van der Waals surface area contributed by atoms with E-state index in [-0.39, 0.29) is 22.7 Å². The molecule has 0 fully saturated rings. The van der Waals surface area contributed by atoms with E-state index in [2.05, 4.69) is 5.32 Å². The maximum absolute atomic E-state index is 13.3. The third kappa shape index (κ3) is 3.83. The number of carbonyl (C=O) groups excluding carboxylic acids is 2. The number of anilines is 2. The molecule has 0 saturated carbocycles. The lowest BCUT2D eigenvalue weighted by Crippen LogP contribution is -2.14. The number of pyridine rings is 1. The highest BCUT2D eigenvalue weighted by Gasteiger charge is 2.26. The second-order valence-corrected chi connectivity index (χ2v) is 7.55. The van der Waals surface area contributed by atoms with E-state index in [1.807, 2.05) is 0 Å². The van der Waals surface area contributed by atoms with Crippen LogP contribution in [0.1, 0.15) is 26.4 Å². The molecule has 0 saturated heterocycles. The molecule has 8 heteroatoms. The number of ketones is 1. The van der Waals surface area contributed by atoms with Crippen molar-refractivity contribution in [2.24, 2.45) is 0 Å². The van der Waals surface area contributed by atoms with Gasteiger partial charge in [-0.2, -0.15) is 0 Å². The average Bonchev–Trinajstić information content (AvgIpc) is 3.07. The van der Waals surface area contributed by atoms with Gasteiger partial charge in [-0.15, -0.1) is 0 Å². The number of nitrogen functional groups attached to an aromatic ring is 1. The highest BCUT2D eigenvalue weighted by atomic mass is 35.5. The number of ether oxygens (including phenoxy) is 1. The Morgan fingerprint density at radius 2 is 1.81 bits per heavy atom. The fourth-order valence-electron chi connectivity index (χ4n) is 3.37. The van der Waals surface area contributed by atoms with Crippen LogP contribution in [-0.2, 0) is 0 Å². The van der Waals surface area contributed by atoms with Gasteiger partial charge in [0, 0.05) is 17.4 Å². The van der Waals surface area contributed by atoms with E-state index in [0.29, 0.717) is 32.6 Å². The molecular weight excluding hydrogens is 437 g/mol. The summed E-state index contributed by atoms with van der Waals surface area (Å²) in [6, 6.07) is 16.8. The molecular formula is C23H17Cl2N3O3. The molecule has 0 unspecified atom stereocenters. The Morgan fingerprint density at radius 3 is 2.55 bits per heavy atom. The highest BCUT2D eigenvalue weighted by Crippen LogP contribution is 2.31. The van der Waals surface area contributed by atoms with Gasteiger partial charge in [-0.1, -0.05) is 41.4 Å². The van der Waals surface area contributed by atoms with E-state index in [1.54, 1.807) is 71.3 Å². The first-order valence-electron chi connectivity index (χ1n) is 9.24. The number of nitrogens with one attached hydrogen (secondary N) is 1. The van der Waals surface area contributed by atoms with Gasteiger partial charge < -0.3 is 20.2 Å². The second-order valence-electron chi connectivity index (χ2n) is 6.74. The van der Waals surface area contributed by atoms with Crippen molar-refractivity contribution in [3.05, 3.63) is 93.7 Å². The molecule has 0 radical (unpaired) electrons. The summed E-state index contributed by atoms with van der Waals surface area (Å²) in [6.45, 7) is 0. The largest absolute Gasteiger partial charge is 0.497 e. The molecule has 1 amide bonds. The van der Waals surface area contributed by atoms with E-state index < -0.39 is 5.91 Å². The van der Waals surface area contributed by atoms with Gasteiger partial charge in [-0.25, -0.2) is 0 Å². The van der Waals surface area contributed by atoms with Crippen LogP contribution < -0.4 is 15.8 Å². The van der Waals surface area contributed by atoms with Crippen molar-refractivity contribution in [1.82, 2.24) is 4.40 Å². The first-order valence-corrected chi connectivity index (χ1v) is 10.00. The Kier molecular flexibility index (Phi) is 5.59. The number of aromatic nitrogens is 1. The number of benzene rings is 2. The molecule has 2 heterocycles. The smallest absolute Gasteiger partial charge is 0.259 e. The summed E-state index contributed by atoms with van der Waals surface area (Å²) in [5.41, 5.74) is 8.17. The van der Waals surface area contributed by atoms with Gasteiger partial charge >= 0.3 is 0 Å². The molecule has 31 heavy (non-hydrogen) atoms. The zero-order chi connectivity index (χ0) is 22.1. The fourth-order valence-corrected chi connectivity index (χ4v) is 3.66. The number of amides is 1. The lowest BCUT2D eigenvalue weighted by Gasteiger charge is -2.07. The molecule has 0 atom stereocenters. The van der Waals surface area contributed by atoms with Gasteiger partial charge in [0.1, 0.15) is 11.4 Å². The molecule has 6 nitrogen and oxygen atoms in total. The summed E-state index contributed by atoms with van der Waals surface area (Å²) in [4.78, 5) is 26.4. The molecule has 0 bridgehead atoms. The normalized spacial score (nSPS) is 10.8. The van der Waals surface area contributed by atoms with Gasteiger partial charge in [0.05, 0.1) is 33.9 Å². The zero-order valence-electron chi connectivity index (χ0n) is 16.4. The van der Waals surface area contributed by atoms with Gasteiger partial charge in [0.15, 0.2) is 0 Å². The molecule has 156 valence electrons. The predicted octanol–water partition coefficient (Wildman–Crippen LogP) is 5.32. The standard InChI is InChI=1S/C23H17Cl2N3O3/c1-31-15-6-4-5-13(11-15)22(29)21-20(26)19(18-7-2-3-10-28(18)21)23(30)27-14-8-9-16(24)17(25)12-14/h2-12H,26H2,1H3,(H,27,30). The minimum atomic E-state index is -0.468. The van der Waals surface area contributed by atoms with Crippen molar-refractivity contribution >= 4 is 51.8 Å². The number of nitrogens with zero attached hydrogens (tertiary/aromatic N) is 1. The van der Waals surface area contributed by atoms with Crippen molar-refractivity contribution in [2.75, 3.05) is 18.2 Å². The van der Waals surface area contributed by atoms with Crippen molar-refractivity contribution in [2.45, 2.75) is 0 Å². The number of rotatable bonds is 5. The van der Waals surface area contributed by atoms with E-state index >= 15 is 0 Å². The topological polar surface area (TPSA) is 85.8 Å². The van der Waals surface area contributed by atoms with Crippen LogP contribution >= 0.6 is 23.2 Å². The third-order valence-corrected chi connectivity index (χ3v) is 5.57. The maximum atomic E-state index is 13.3. The number of hydrogen-bond acceptors (Lipinski definition) is 4. The number of nitrogens with two attached hydrogens (primary N) is 1. The molecule has 2 aromatic carbocycles. The Labute approximate surface area is 188 Å². The Morgan fingerprint density at radius 1 is 1.00 bits per heavy atom. The molecule has 0 aliphatic heterocycles. The minimum Gasteiger partial charge on any atom is -0.497 e. The average molecular weight is 454 g/mol. The van der Waals surface area contributed by atoms with Crippen LogP contribution in [0.3, 0.4) is 0 Å².